The van der Waals surface area contributed by atoms with Crippen LogP contribution in [-0.2, 0) is 14.3 Å². The fraction of sp³-hybridized carbons (Fsp3) is 0.529. The number of fused-ring (bicyclic) bond motifs is 1. The van der Waals surface area contributed by atoms with Gasteiger partial charge in [0, 0.05) is 26.2 Å². The van der Waals surface area contributed by atoms with Gasteiger partial charge in [0.15, 0.2) is 0 Å². The highest BCUT2D eigenvalue weighted by molar-refractivity contribution is 6.15. The minimum absolute atomic E-state index is 0.431. The molecule has 2 N–H and O–H groups in total. The van der Waals surface area contributed by atoms with Crippen molar-refractivity contribution in [2.24, 2.45) is 0 Å². The Morgan fingerprint density at radius 1 is 1.38 bits per heavy atom. The molecule has 24 heavy (non-hydrogen) atoms. The Balaban J connectivity index is 1.60. The summed E-state index contributed by atoms with van der Waals surface area (Å²) in [4.78, 5) is 27.1. The van der Waals surface area contributed by atoms with Crippen molar-refractivity contribution in [3.8, 4) is 5.75 Å². The number of aryl methyl sites for hydroxylation is 1. The van der Waals surface area contributed by atoms with E-state index >= 15 is 0 Å². The van der Waals surface area contributed by atoms with E-state index in [0.29, 0.717) is 31.2 Å². The van der Waals surface area contributed by atoms with Crippen LogP contribution in [0.25, 0.3) is 0 Å². The van der Waals surface area contributed by atoms with Crippen LogP contribution >= 0.6 is 0 Å². The van der Waals surface area contributed by atoms with E-state index in [1.807, 2.05) is 19.1 Å². The molecule has 1 aromatic carbocycles. The van der Waals surface area contributed by atoms with Gasteiger partial charge in [-0.2, -0.15) is 0 Å². The third kappa shape index (κ3) is 3.37. The third-order valence-electron chi connectivity index (χ3n) is 4.38. The molecule has 130 valence electrons. The van der Waals surface area contributed by atoms with Crippen molar-refractivity contribution in [1.82, 2.24) is 10.2 Å². The van der Waals surface area contributed by atoms with Crippen LogP contribution in [0.1, 0.15) is 12.5 Å². The number of morpholine rings is 1. The fourth-order valence-electron chi connectivity index (χ4n) is 2.81. The lowest BCUT2D eigenvalue weighted by Crippen LogP contribution is -2.59. The topological polar surface area (TPSA) is 79.9 Å². The Labute approximate surface area is 141 Å². The molecule has 0 saturated carbocycles. The van der Waals surface area contributed by atoms with Crippen LogP contribution in [-0.4, -0.2) is 61.7 Å². The number of amides is 2. The van der Waals surface area contributed by atoms with Crippen molar-refractivity contribution in [2.45, 2.75) is 19.4 Å². The summed E-state index contributed by atoms with van der Waals surface area (Å²) in [6, 6.07) is 5.47. The van der Waals surface area contributed by atoms with Gasteiger partial charge in [-0.3, -0.25) is 14.5 Å². The average molecular weight is 333 g/mol. The number of benzene rings is 1. The van der Waals surface area contributed by atoms with Crippen LogP contribution in [0.15, 0.2) is 18.2 Å². The molecule has 1 unspecified atom stereocenters. The average Bonchev–Trinajstić information content (AvgIpc) is 2.57. The van der Waals surface area contributed by atoms with E-state index in [1.165, 1.54) is 6.92 Å². The van der Waals surface area contributed by atoms with E-state index in [4.69, 9.17) is 9.47 Å². The van der Waals surface area contributed by atoms with Gasteiger partial charge < -0.3 is 20.1 Å². The zero-order valence-corrected chi connectivity index (χ0v) is 14.1. The quantitative estimate of drug-likeness (QED) is 0.786. The molecule has 0 aromatic heterocycles. The molecular formula is C17H23N3O4. The Hall–Kier alpha value is -2.12. The highest BCUT2D eigenvalue weighted by atomic mass is 16.5. The molecule has 3 rings (SSSR count). The van der Waals surface area contributed by atoms with Crippen LogP contribution in [0, 0.1) is 6.92 Å². The number of nitrogens with one attached hydrogen (secondary N) is 2. The molecule has 1 atom stereocenters. The number of rotatable bonds is 4. The summed E-state index contributed by atoms with van der Waals surface area (Å²) in [6.45, 7) is 7.76. The summed E-state index contributed by atoms with van der Waals surface area (Å²) in [5, 5.41) is 5.57. The molecule has 0 radical (unpaired) electrons. The standard InChI is InChI=1S/C17H23N3O4/c1-12-3-4-14-13(11-12)19-16(22)17(2,24-14)15(21)18-5-6-20-7-9-23-10-8-20/h3-4,11H,5-10H2,1-2H3,(H,18,21)(H,19,22). The fourth-order valence-corrected chi connectivity index (χ4v) is 2.81. The minimum Gasteiger partial charge on any atom is -0.466 e. The van der Waals surface area contributed by atoms with Gasteiger partial charge in [-0.05, 0) is 31.5 Å². The van der Waals surface area contributed by atoms with Crippen molar-refractivity contribution in [3.63, 3.8) is 0 Å². The van der Waals surface area contributed by atoms with Crippen LogP contribution in [0.5, 0.6) is 5.75 Å². The highest BCUT2D eigenvalue weighted by Crippen LogP contribution is 2.34. The van der Waals surface area contributed by atoms with Crippen molar-refractivity contribution < 1.29 is 19.1 Å². The second-order valence-electron chi connectivity index (χ2n) is 6.30. The van der Waals surface area contributed by atoms with Gasteiger partial charge >= 0.3 is 0 Å². The van der Waals surface area contributed by atoms with E-state index < -0.39 is 17.4 Å². The zero-order chi connectivity index (χ0) is 17.2. The lowest BCUT2D eigenvalue weighted by Gasteiger charge is -2.33. The van der Waals surface area contributed by atoms with E-state index in [9.17, 15) is 9.59 Å². The summed E-state index contributed by atoms with van der Waals surface area (Å²) < 4.78 is 11.0. The monoisotopic (exact) mass is 333 g/mol. The maximum absolute atomic E-state index is 12.5. The minimum atomic E-state index is -1.56. The molecule has 7 nitrogen and oxygen atoms in total. The molecule has 2 heterocycles. The van der Waals surface area contributed by atoms with Gasteiger partial charge in [-0.15, -0.1) is 0 Å². The van der Waals surface area contributed by atoms with Gasteiger partial charge in [0.1, 0.15) is 5.75 Å². The molecule has 2 amide bonds. The number of hydrogen-bond donors (Lipinski definition) is 2. The van der Waals surface area contributed by atoms with E-state index in [2.05, 4.69) is 15.5 Å². The highest BCUT2D eigenvalue weighted by Gasteiger charge is 2.47. The zero-order valence-electron chi connectivity index (χ0n) is 14.1. The van der Waals surface area contributed by atoms with Crippen molar-refractivity contribution in [1.29, 1.82) is 0 Å². The first-order valence-corrected chi connectivity index (χ1v) is 8.18. The Morgan fingerprint density at radius 2 is 2.12 bits per heavy atom. The van der Waals surface area contributed by atoms with Crippen molar-refractivity contribution in [2.75, 3.05) is 44.7 Å². The summed E-state index contributed by atoms with van der Waals surface area (Å²) in [7, 11) is 0. The van der Waals surface area contributed by atoms with Gasteiger partial charge in [0.25, 0.3) is 17.4 Å². The van der Waals surface area contributed by atoms with Gasteiger partial charge in [-0.25, -0.2) is 0 Å². The van der Waals surface area contributed by atoms with Crippen LogP contribution in [0.2, 0.25) is 0 Å². The summed E-state index contributed by atoms with van der Waals surface area (Å²) >= 11 is 0. The number of ether oxygens (including phenoxy) is 2. The summed E-state index contributed by atoms with van der Waals surface area (Å²) in [5.41, 5.74) is 0.0441. The van der Waals surface area contributed by atoms with Gasteiger partial charge in [0.05, 0.1) is 18.9 Å². The molecular weight excluding hydrogens is 310 g/mol. The second-order valence-corrected chi connectivity index (χ2v) is 6.30. The number of anilines is 1. The smallest absolute Gasteiger partial charge is 0.278 e. The summed E-state index contributed by atoms with van der Waals surface area (Å²) in [6.07, 6.45) is 0. The molecule has 2 aliphatic heterocycles. The number of nitrogens with zero attached hydrogens (tertiary/aromatic N) is 1. The first-order chi connectivity index (χ1) is 11.5. The van der Waals surface area contributed by atoms with E-state index in [0.717, 1.165) is 25.2 Å². The van der Waals surface area contributed by atoms with Crippen molar-refractivity contribution in [3.05, 3.63) is 23.8 Å². The first kappa shape index (κ1) is 16.7. The predicted octanol–water partition coefficient (Wildman–Crippen LogP) is 0.533. The van der Waals surface area contributed by atoms with Crippen LogP contribution in [0.4, 0.5) is 5.69 Å². The normalized spacial score (nSPS) is 23.8. The van der Waals surface area contributed by atoms with Crippen molar-refractivity contribution >= 4 is 17.5 Å². The Bertz CT molecular complexity index is 643. The molecule has 0 aliphatic carbocycles. The molecule has 1 saturated heterocycles. The number of carbonyl (C=O) groups is 2. The number of hydrogen-bond acceptors (Lipinski definition) is 5. The van der Waals surface area contributed by atoms with E-state index in [-0.39, 0.29) is 0 Å². The largest absolute Gasteiger partial charge is 0.466 e. The molecule has 1 aromatic rings. The van der Waals surface area contributed by atoms with Gasteiger partial charge in [0.2, 0.25) is 0 Å². The SMILES string of the molecule is Cc1ccc2c(c1)NC(=O)C(C)(C(=O)NCCN1CCOCC1)O2. The molecule has 1 fully saturated rings. The Morgan fingerprint density at radius 3 is 2.88 bits per heavy atom. The maximum Gasteiger partial charge on any atom is 0.278 e. The third-order valence-corrected chi connectivity index (χ3v) is 4.38. The van der Waals surface area contributed by atoms with Crippen LogP contribution < -0.4 is 15.4 Å². The first-order valence-electron chi connectivity index (χ1n) is 8.18. The van der Waals surface area contributed by atoms with E-state index in [1.54, 1.807) is 6.07 Å². The molecule has 7 heteroatoms. The van der Waals surface area contributed by atoms with Crippen LogP contribution in [0.3, 0.4) is 0 Å². The predicted molar refractivity (Wildman–Crippen MR) is 89.1 cm³/mol. The Kier molecular flexibility index (Phi) is 4.73. The molecule has 0 bridgehead atoms. The molecule has 2 aliphatic rings. The number of carbonyl (C=O) groups excluding carboxylic acids is 2. The lowest BCUT2D eigenvalue weighted by molar-refractivity contribution is -0.146. The molecule has 0 spiro atoms. The lowest BCUT2D eigenvalue weighted by atomic mass is 10.0. The second kappa shape index (κ2) is 6.78. The summed E-state index contributed by atoms with van der Waals surface area (Å²) in [5.74, 6) is -0.380. The van der Waals surface area contributed by atoms with Gasteiger partial charge in [-0.1, -0.05) is 6.07 Å². The maximum atomic E-state index is 12.5.